The number of esters is 1. The summed E-state index contributed by atoms with van der Waals surface area (Å²) in [6.45, 7) is 1.50. The normalized spacial score (nSPS) is 11.3. The van der Waals surface area contributed by atoms with Crippen LogP contribution in [0.25, 0.3) is 0 Å². The van der Waals surface area contributed by atoms with Gasteiger partial charge in [-0.05, 0) is 28.9 Å². The van der Waals surface area contributed by atoms with E-state index in [4.69, 9.17) is 0 Å². The summed E-state index contributed by atoms with van der Waals surface area (Å²) in [5.41, 5.74) is -0.909. The predicted octanol–water partition coefficient (Wildman–Crippen LogP) is 2.86. The van der Waals surface area contributed by atoms with Crippen LogP contribution in [-0.2, 0) is 15.7 Å². The number of likely N-dealkylation sites (N-methyl/N-ethyl adjacent to an activating group) is 1. The Kier molecular flexibility index (Phi) is 5.16. The number of pyridine rings is 1. The first kappa shape index (κ1) is 15.7. The zero-order valence-electron chi connectivity index (χ0n) is 10.3. The second-order valence-corrected chi connectivity index (χ2v) is 4.60. The second-order valence-electron chi connectivity index (χ2n) is 3.68. The molecule has 8 heteroatoms. The van der Waals surface area contributed by atoms with Crippen LogP contribution >= 0.6 is 15.9 Å². The van der Waals surface area contributed by atoms with Crippen molar-refractivity contribution in [2.45, 2.75) is 13.1 Å². The SMILES string of the molecule is CCOC(=O)CN(C)c1ncc(Br)cc1C(F)(F)F. The predicted molar refractivity (Wildman–Crippen MR) is 66.8 cm³/mol. The minimum Gasteiger partial charge on any atom is -0.465 e. The highest BCUT2D eigenvalue weighted by molar-refractivity contribution is 9.10. The lowest BCUT2D eigenvalue weighted by molar-refractivity contribution is -0.142. The van der Waals surface area contributed by atoms with Crippen molar-refractivity contribution in [3.63, 3.8) is 0 Å². The van der Waals surface area contributed by atoms with E-state index in [0.29, 0.717) is 0 Å². The van der Waals surface area contributed by atoms with Crippen LogP contribution in [0.4, 0.5) is 19.0 Å². The van der Waals surface area contributed by atoms with E-state index in [9.17, 15) is 18.0 Å². The number of carbonyl (C=O) groups is 1. The molecule has 0 saturated carbocycles. The number of ether oxygens (including phenoxy) is 1. The Bertz CT molecular complexity index is 466. The van der Waals surface area contributed by atoms with Crippen LogP contribution in [-0.4, -0.2) is 31.2 Å². The molecule has 4 nitrogen and oxygen atoms in total. The summed E-state index contributed by atoms with van der Waals surface area (Å²) in [6.07, 6.45) is -3.30. The molecule has 0 N–H and O–H groups in total. The van der Waals surface area contributed by atoms with E-state index in [1.807, 2.05) is 0 Å². The zero-order chi connectivity index (χ0) is 14.6. The first-order valence-electron chi connectivity index (χ1n) is 5.35. The molecular formula is C11H12BrF3N2O2. The van der Waals surface area contributed by atoms with Gasteiger partial charge in [-0.1, -0.05) is 0 Å². The van der Waals surface area contributed by atoms with Gasteiger partial charge in [-0.2, -0.15) is 13.2 Å². The maximum Gasteiger partial charge on any atom is 0.419 e. The van der Waals surface area contributed by atoms with E-state index >= 15 is 0 Å². The van der Waals surface area contributed by atoms with Crippen molar-refractivity contribution in [2.75, 3.05) is 25.1 Å². The van der Waals surface area contributed by atoms with Crippen molar-refractivity contribution in [1.29, 1.82) is 0 Å². The maximum atomic E-state index is 12.9. The van der Waals surface area contributed by atoms with Gasteiger partial charge < -0.3 is 9.64 Å². The van der Waals surface area contributed by atoms with Crippen molar-refractivity contribution in [1.82, 2.24) is 4.98 Å². The summed E-state index contributed by atoms with van der Waals surface area (Å²) in [4.78, 5) is 16.1. The monoisotopic (exact) mass is 340 g/mol. The van der Waals surface area contributed by atoms with Crippen LogP contribution in [0.1, 0.15) is 12.5 Å². The third-order valence-corrected chi connectivity index (χ3v) is 2.61. The smallest absolute Gasteiger partial charge is 0.419 e. The molecule has 0 fully saturated rings. The highest BCUT2D eigenvalue weighted by atomic mass is 79.9. The number of nitrogens with zero attached hydrogens (tertiary/aromatic N) is 2. The molecule has 0 radical (unpaired) electrons. The van der Waals surface area contributed by atoms with Crippen molar-refractivity contribution in [3.05, 3.63) is 22.3 Å². The van der Waals surface area contributed by atoms with Gasteiger partial charge in [0.05, 0.1) is 12.2 Å². The van der Waals surface area contributed by atoms with Gasteiger partial charge in [-0.15, -0.1) is 0 Å². The van der Waals surface area contributed by atoms with Gasteiger partial charge in [-0.3, -0.25) is 4.79 Å². The Morgan fingerprint density at radius 1 is 1.53 bits per heavy atom. The van der Waals surface area contributed by atoms with E-state index in [1.165, 1.54) is 13.2 Å². The van der Waals surface area contributed by atoms with Crippen molar-refractivity contribution >= 4 is 27.7 Å². The second kappa shape index (κ2) is 6.23. The number of carbonyl (C=O) groups excluding carboxylic acids is 1. The van der Waals surface area contributed by atoms with Gasteiger partial charge in [0, 0.05) is 17.7 Å². The van der Waals surface area contributed by atoms with Gasteiger partial charge in [0.1, 0.15) is 12.4 Å². The molecule has 0 aliphatic carbocycles. The highest BCUT2D eigenvalue weighted by Crippen LogP contribution is 2.36. The molecule has 0 spiro atoms. The van der Waals surface area contributed by atoms with Gasteiger partial charge in [-0.25, -0.2) is 4.98 Å². The van der Waals surface area contributed by atoms with Crippen LogP contribution in [0.2, 0.25) is 0 Å². The van der Waals surface area contributed by atoms with E-state index in [0.717, 1.165) is 11.0 Å². The molecule has 0 amide bonds. The summed E-state index contributed by atoms with van der Waals surface area (Å²) in [5, 5.41) is 0. The van der Waals surface area contributed by atoms with Crippen LogP contribution in [0, 0.1) is 0 Å². The summed E-state index contributed by atoms with van der Waals surface area (Å²) in [6, 6.07) is 0.921. The lowest BCUT2D eigenvalue weighted by Gasteiger charge is -2.21. The molecule has 0 unspecified atom stereocenters. The molecule has 1 aromatic heterocycles. The standard InChI is InChI=1S/C11H12BrF3N2O2/c1-3-19-9(18)6-17(2)10-8(11(13,14)15)4-7(12)5-16-10/h4-5H,3,6H2,1-2H3. The van der Waals surface area contributed by atoms with Gasteiger partial charge >= 0.3 is 12.1 Å². The van der Waals surface area contributed by atoms with Gasteiger partial charge in [0.25, 0.3) is 0 Å². The molecular weight excluding hydrogens is 329 g/mol. The summed E-state index contributed by atoms with van der Waals surface area (Å²) < 4.78 is 43.5. The first-order valence-corrected chi connectivity index (χ1v) is 6.14. The van der Waals surface area contributed by atoms with Crippen molar-refractivity contribution < 1.29 is 22.7 Å². The average Bonchev–Trinajstić information content (AvgIpc) is 2.27. The Morgan fingerprint density at radius 3 is 2.68 bits per heavy atom. The molecule has 1 aromatic rings. The summed E-state index contributed by atoms with van der Waals surface area (Å²) in [7, 11) is 1.35. The average molecular weight is 341 g/mol. The maximum absolute atomic E-state index is 12.9. The molecule has 0 aromatic carbocycles. The number of rotatable bonds is 4. The minimum atomic E-state index is -4.55. The topological polar surface area (TPSA) is 42.4 Å². The van der Waals surface area contributed by atoms with Gasteiger partial charge in [0.2, 0.25) is 0 Å². The highest BCUT2D eigenvalue weighted by Gasteiger charge is 2.36. The first-order chi connectivity index (χ1) is 8.75. The molecule has 0 atom stereocenters. The lowest BCUT2D eigenvalue weighted by atomic mass is 10.2. The van der Waals surface area contributed by atoms with Crippen LogP contribution in [0.15, 0.2) is 16.7 Å². The van der Waals surface area contributed by atoms with Crippen LogP contribution < -0.4 is 4.90 Å². The number of hydrogen-bond donors (Lipinski definition) is 0. The Labute approximate surface area is 116 Å². The molecule has 19 heavy (non-hydrogen) atoms. The van der Waals surface area contributed by atoms with E-state index < -0.39 is 17.7 Å². The number of halogens is 4. The molecule has 106 valence electrons. The van der Waals surface area contributed by atoms with Crippen LogP contribution in [0.3, 0.4) is 0 Å². The minimum absolute atomic E-state index is 0.173. The number of hydrogen-bond acceptors (Lipinski definition) is 4. The summed E-state index contributed by atoms with van der Waals surface area (Å²) in [5.74, 6) is -0.924. The molecule has 0 aliphatic heterocycles. The van der Waals surface area contributed by atoms with Gasteiger partial charge in [0.15, 0.2) is 0 Å². The summed E-state index contributed by atoms with van der Waals surface area (Å²) >= 11 is 2.94. The number of alkyl halides is 3. The Morgan fingerprint density at radius 2 is 2.16 bits per heavy atom. The third-order valence-electron chi connectivity index (χ3n) is 2.17. The Hall–Kier alpha value is -1.31. The number of anilines is 1. The zero-order valence-corrected chi connectivity index (χ0v) is 11.9. The molecule has 0 aliphatic rings. The lowest BCUT2D eigenvalue weighted by Crippen LogP contribution is -2.29. The van der Waals surface area contributed by atoms with E-state index in [-0.39, 0.29) is 23.4 Å². The van der Waals surface area contributed by atoms with Crippen LogP contribution in [0.5, 0.6) is 0 Å². The van der Waals surface area contributed by atoms with Crippen molar-refractivity contribution in [3.8, 4) is 0 Å². The largest absolute Gasteiger partial charge is 0.465 e. The molecule has 0 bridgehead atoms. The third kappa shape index (κ3) is 4.38. The fourth-order valence-electron chi connectivity index (χ4n) is 1.42. The fourth-order valence-corrected chi connectivity index (χ4v) is 1.75. The fraction of sp³-hybridized carbons (Fsp3) is 0.455. The van der Waals surface area contributed by atoms with E-state index in [1.54, 1.807) is 6.92 Å². The quantitative estimate of drug-likeness (QED) is 0.790. The Balaban J connectivity index is 3.02. The molecule has 0 saturated heterocycles. The molecule has 1 rings (SSSR count). The molecule has 1 heterocycles. The van der Waals surface area contributed by atoms with E-state index in [2.05, 4.69) is 25.7 Å². The van der Waals surface area contributed by atoms with Crippen molar-refractivity contribution in [2.24, 2.45) is 0 Å². The number of aromatic nitrogens is 1.